The number of morpholine rings is 1. The molecule has 3 aliphatic rings. The van der Waals surface area contributed by atoms with Crippen LogP contribution in [0.4, 0.5) is 4.79 Å². The molecule has 9 nitrogen and oxygen atoms in total. The summed E-state index contributed by atoms with van der Waals surface area (Å²) in [7, 11) is 0. The molecule has 2 N–H and O–H groups in total. The second-order valence-electron chi connectivity index (χ2n) is 10.8. The van der Waals surface area contributed by atoms with Crippen LogP contribution in [0.3, 0.4) is 0 Å². The minimum absolute atomic E-state index is 0.0351. The fourth-order valence-corrected chi connectivity index (χ4v) is 5.43. The predicted octanol–water partition coefficient (Wildman–Crippen LogP) is 2.70. The Balaban J connectivity index is 1.43. The van der Waals surface area contributed by atoms with Crippen LogP contribution in [-0.4, -0.2) is 71.5 Å². The molecule has 34 heavy (non-hydrogen) atoms. The van der Waals surface area contributed by atoms with Gasteiger partial charge in [-0.2, -0.15) is 0 Å². The van der Waals surface area contributed by atoms with Crippen molar-refractivity contribution in [3.05, 3.63) is 34.2 Å². The maximum Gasteiger partial charge on any atom is 0.410 e. The number of hydrogen-bond acceptors (Lipinski definition) is 6. The van der Waals surface area contributed by atoms with E-state index in [1.165, 1.54) is 6.07 Å². The molecule has 1 aromatic rings. The molecule has 9 heteroatoms. The van der Waals surface area contributed by atoms with Gasteiger partial charge in [0.2, 0.25) is 11.5 Å². The van der Waals surface area contributed by atoms with E-state index in [0.29, 0.717) is 25.7 Å². The van der Waals surface area contributed by atoms with Crippen LogP contribution in [-0.2, 0) is 19.0 Å². The molecule has 2 unspecified atom stereocenters. The van der Waals surface area contributed by atoms with E-state index in [2.05, 4.69) is 10.3 Å². The molecule has 1 aliphatic carbocycles. The summed E-state index contributed by atoms with van der Waals surface area (Å²) in [4.78, 5) is 41.6. The molecule has 2 saturated heterocycles. The fraction of sp³-hybridized carbons (Fsp3) is 0.720. The number of carbonyl (C=O) groups excluding carboxylic acids is 2. The monoisotopic (exact) mass is 475 g/mol. The van der Waals surface area contributed by atoms with Crippen LogP contribution in [0.2, 0.25) is 0 Å². The zero-order valence-electron chi connectivity index (χ0n) is 20.4. The van der Waals surface area contributed by atoms with Crippen LogP contribution in [0, 0.1) is 0 Å². The lowest BCUT2D eigenvalue weighted by molar-refractivity contribution is -0.144. The molecule has 1 aromatic heterocycles. The Bertz CT molecular complexity index is 929. The SMILES string of the molecule is CC(C)(C)OC(=O)N1CCCC2(COCC(=O)N2)C1COC1CCC(c2cccc(=O)[nH]2)CC1. The summed E-state index contributed by atoms with van der Waals surface area (Å²) in [5.74, 6) is 0.152. The fourth-order valence-electron chi connectivity index (χ4n) is 5.43. The average molecular weight is 476 g/mol. The van der Waals surface area contributed by atoms with Gasteiger partial charge in [0.25, 0.3) is 0 Å². The number of aromatic amines is 1. The maximum atomic E-state index is 13.1. The lowest BCUT2D eigenvalue weighted by atomic mass is 9.80. The highest BCUT2D eigenvalue weighted by atomic mass is 16.6. The van der Waals surface area contributed by atoms with E-state index < -0.39 is 17.2 Å². The first-order valence-corrected chi connectivity index (χ1v) is 12.3. The molecule has 3 heterocycles. The minimum atomic E-state index is -0.675. The first kappa shape index (κ1) is 24.7. The Morgan fingerprint density at radius 1 is 1.21 bits per heavy atom. The van der Waals surface area contributed by atoms with E-state index in [-0.39, 0.29) is 30.2 Å². The third kappa shape index (κ3) is 5.81. The van der Waals surface area contributed by atoms with Gasteiger partial charge < -0.3 is 29.4 Å². The number of nitrogens with zero attached hydrogens (tertiary/aromatic N) is 1. The van der Waals surface area contributed by atoms with Crippen molar-refractivity contribution in [2.24, 2.45) is 0 Å². The van der Waals surface area contributed by atoms with Crippen LogP contribution in [0.1, 0.15) is 70.9 Å². The molecular weight excluding hydrogens is 438 g/mol. The summed E-state index contributed by atoms with van der Waals surface area (Å²) >= 11 is 0. The molecule has 3 fully saturated rings. The summed E-state index contributed by atoms with van der Waals surface area (Å²) in [6.45, 7) is 6.78. The van der Waals surface area contributed by atoms with Gasteiger partial charge in [0.05, 0.1) is 30.9 Å². The topological polar surface area (TPSA) is 110 Å². The van der Waals surface area contributed by atoms with Crippen molar-refractivity contribution >= 4 is 12.0 Å². The third-order valence-corrected chi connectivity index (χ3v) is 7.04. The second-order valence-corrected chi connectivity index (χ2v) is 10.8. The molecule has 0 radical (unpaired) electrons. The Morgan fingerprint density at radius 3 is 2.65 bits per heavy atom. The maximum absolute atomic E-state index is 13.1. The Morgan fingerprint density at radius 2 is 1.97 bits per heavy atom. The van der Waals surface area contributed by atoms with Crippen LogP contribution in [0.5, 0.6) is 0 Å². The molecule has 2 amide bonds. The second kappa shape index (κ2) is 10.1. The number of pyridine rings is 1. The standard InChI is InChI=1S/C25H37N3O6/c1-24(2,3)34-23(31)28-13-5-12-25(16-32-15-22(30)27-25)20(28)14-33-18-10-8-17(9-11-18)19-6-4-7-21(29)26-19/h4,6-7,17-18,20H,5,8-16H2,1-3H3,(H,26,29)(H,27,30). The first-order chi connectivity index (χ1) is 16.2. The number of nitrogens with one attached hydrogen (secondary N) is 2. The highest BCUT2D eigenvalue weighted by Gasteiger charge is 2.50. The van der Waals surface area contributed by atoms with Crippen molar-refractivity contribution in [3.8, 4) is 0 Å². The summed E-state index contributed by atoms with van der Waals surface area (Å²) < 4.78 is 17.7. The third-order valence-electron chi connectivity index (χ3n) is 7.04. The van der Waals surface area contributed by atoms with Crippen LogP contribution in [0.15, 0.2) is 23.0 Å². The highest BCUT2D eigenvalue weighted by molar-refractivity contribution is 5.79. The lowest BCUT2D eigenvalue weighted by Gasteiger charge is -2.51. The molecule has 4 rings (SSSR count). The molecular formula is C25H37N3O6. The molecule has 0 aromatic carbocycles. The van der Waals surface area contributed by atoms with Gasteiger partial charge in [-0.05, 0) is 71.3 Å². The number of hydrogen-bond donors (Lipinski definition) is 2. The molecule has 2 aliphatic heterocycles. The van der Waals surface area contributed by atoms with Crippen molar-refractivity contribution in [1.82, 2.24) is 15.2 Å². The quantitative estimate of drug-likeness (QED) is 0.693. The van der Waals surface area contributed by atoms with Gasteiger partial charge >= 0.3 is 6.09 Å². The van der Waals surface area contributed by atoms with E-state index in [1.54, 1.807) is 11.0 Å². The van der Waals surface area contributed by atoms with E-state index in [4.69, 9.17) is 14.2 Å². The van der Waals surface area contributed by atoms with Crippen molar-refractivity contribution in [3.63, 3.8) is 0 Å². The average Bonchev–Trinajstić information content (AvgIpc) is 2.77. The van der Waals surface area contributed by atoms with Gasteiger partial charge in [-0.1, -0.05) is 6.07 Å². The van der Waals surface area contributed by atoms with Gasteiger partial charge in [0, 0.05) is 18.3 Å². The largest absolute Gasteiger partial charge is 0.444 e. The highest BCUT2D eigenvalue weighted by Crippen LogP contribution is 2.35. The molecule has 0 bridgehead atoms. The van der Waals surface area contributed by atoms with E-state index in [1.807, 2.05) is 26.8 Å². The van der Waals surface area contributed by atoms with E-state index in [0.717, 1.165) is 44.2 Å². The normalized spacial score (nSPS) is 30.1. The van der Waals surface area contributed by atoms with Crippen molar-refractivity contribution in [2.45, 2.75) is 88.5 Å². The number of ether oxygens (including phenoxy) is 3. The van der Waals surface area contributed by atoms with E-state index in [9.17, 15) is 14.4 Å². The summed E-state index contributed by atoms with van der Waals surface area (Å²) in [5.41, 5.74) is -0.380. The molecule has 1 saturated carbocycles. The smallest absolute Gasteiger partial charge is 0.410 e. The number of aromatic nitrogens is 1. The number of piperidine rings is 1. The lowest BCUT2D eigenvalue weighted by Crippen LogP contribution is -2.72. The first-order valence-electron chi connectivity index (χ1n) is 12.3. The van der Waals surface area contributed by atoms with Crippen LogP contribution in [0.25, 0.3) is 0 Å². The minimum Gasteiger partial charge on any atom is -0.444 e. The Kier molecular flexibility index (Phi) is 7.33. The predicted molar refractivity (Wildman–Crippen MR) is 126 cm³/mol. The number of likely N-dealkylation sites (tertiary alicyclic amines) is 1. The van der Waals surface area contributed by atoms with Gasteiger partial charge in [-0.3, -0.25) is 9.59 Å². The summed E-state index contributed by atoms with van der Waals surface area (Å²) in [6.07, 6.45) is 4.74. The van der Waals surface area contributed by atoms with Crippen LogP contribution >= 0.6 is 0 Å². The van der Waals surface area contributed by atoms with Gasteiger partial charge in [0.15, 0.2) is 0 Å². The number of rotatable bonds is 4. The van der Waals surface area contributed by atoms with Crippen LogP contribution < -0.4 is 10.9 Å². The Hall–Kier alpha value is -2.39. The Labute approximate surface area is 200 Å². The number of H-pyrrole nitrogens is 1. The van der Waals surface area contributed by atoms with Gasteiger partial charge in [-0.25, -0.2) is 4.79 Å². The summed E-state index contributed by atoms with van der Waals surface area (Å²) in [6, 6.07) is 4.93. The molecule has 188 valence electrons. The molecule has 2 atom stereocenters. The zero-order chi connectivity index (χ0) is 24.3. The zero-order valence-corrected chi connectivity index (χ0v) is 20.4. The molecule has 1 spiro atoms. The van der Waals surface area contributed by atoms with Crippen molar-refractivity contribution in [1.29, 1.82) is 0 Å². The summed E-state index contributed by atoms with van der Waals surface area (Å²) in [5, 5.41) is 3.12. The van der Waals surface area contributed by atoms with Crippen molar-refractivity contribution < 1.29 is 23.8 Å². The van der Waals surface area contributed by atoms with Crippen molar-refractivity contribution in [2.75, 3.05) is 26.4 Å². The van der Waals surface area contributed by atoms with E-state index >= 15 is 0 Å². The number of amides is 2. The van der Waals surface area contributed by atoms with Gasteiger partial charge in [0.1, 0.15) is 12.2 Å². The van der Waals surface area contributed by atoms with Gasteiger partial charge in [-0.15, -0.1) is 0 Å². The number of carbonyl (C=O) groups is 2.